The zero-order valence-electron chi connectivity index (χ0n) is 18.5. The zero-order chi connectivity index (χ0) is 23.5. The first kappa shape index (κ1) is 23.3. The lowest BCUT2D eigenvalue weighted by Gasteiger charge is -2.47. The molecule has 4 atom stereocenters. The Kier molecular flexibility index (Phi) is 7.16. The largest absolute Gasteiger partial charge is 0.331 e. The monoisotopic (exact) mass is 508 g/mol. The van der Waals surface area contributed by atoms with Crippen molar-refractivity contribution in [3.05, 3.63) is 100 Å². The molecule has 0 aromatic heterocycles. The Labute approximate surface area is 215 Å². The van der Waals surface area contributed by atoms with Gasteiger partial charge in [-0.2, -0.15) is 5.10 Å². The van der Waals surface area contributed by atoms with Crippen molar-refractivity contribution < 1.29 is 0 Å². The summed E-state index contributed by atoms with van der Waals surface area (Å²) in [5.41, 5.74) is 7.34. The Bertz CT molecular complexity index is 1140. The van der Waals surface area contributed by atoms with Crippen LogP contribution in [-0.2, 0) is 0 Å². The topological polar surface area (TPSA) is 48.5 Å². The van der Waals surface area contributed by atoms with E-state index in [2.05, 4.69) is 28.2 Å². The summed E-state index contributed by atoms with van der Waals surface area (Å²) in [6.45, 7) is 0. The van der Waals surface area contributed by atoms with Gasteiger partial charge >= 0.3 is 0 Å². The van der Waals surface area contributed by atoms with Crippen molar-refractivity contribution in [2.24, 2.45) is 16.9 Å². The number of anilines is 1. The van der Waals surface area contributed by atoms with E-state index in [0.717, 1.165) is 51.8 Å². The summed E-state index contributed by atoms with van der Waals surface area (Å²) >= 11 is 18.9. The molecule has 2 bridgehead atoms. The third-order valence-corrected chi connectivity index (χ3v) is 7.63. The van der Waals surface area contributed by atoms with Crippen molar-refractivity contribution in [1.29, 1.82) is 0 Å². The predicted molar refractivity (Wildman–Crippen MR) is 146 cm³/mol. The van der Waals surface area contributed by atoms with Gasteiger partial charge in [0, 0.05) is 45.4 Å². The van der Waals surface area contributed by atoms with E-state index in [1.54, 1.807) is 0 Å². The first-order valence-corrected chi connectivity index (χ1v) is 12.7. The second-order valence-corrected chi connectivity index (χ2v) is 10.0. The smallest absolute Gasteiger partial charge is 0.191 e. The fourth-order valence-electron chi connectivity index (χ4n) is 5.26. The van der Waals surface area contributed by atoms with E-state index in [1.807, 2.05) is 66.7 Å². The number of rotatable bonds is 4. The molecule has 5 rings (SSSR count). The van der Waals surface area contributed by atoms with Gasteiger partial charge < -0.3 is 10.6 Å². The first-order valence-electron chi connectivity index (χ1n) is 11.6. The van der Waals surface area contributed by atoms with Gasteiger partial charge in [0.05, 0.1) is 0 Å². The van der Waals surface area contributed by atoms with Crippen LogP contribution >= 0.6 is 35.4 Å². The third-order valence-electron chi connectivity index (χ3n) is 6.75. The molecule has 0 amide bonds. The molecule has 1 heterocycles. The molecule has 3 aromatic carbocycles. The Morgan fingerprint density at radius 3 is 1.88 bits per heavy atom. The molecule has 3 aromatic rings. The van der Waals surface area contributed by atoms with Crippen LogP contribution in [0, 0.1) is 11.8 Å². The van der Waals surface area contributed by atoms with Gasteiger partial charge in [-0.1, -0.05) is 84.2 Å². The van der Waals surface area contributed by atoms with Crippen molar-refractivity contribution in [2.45, 2.75) is 31.3 Å². The highest BCUT2D eigenvalue weighted by atomic mass is 35.5. The first-order chi connectivity index (χ1) is 16.6. The fourth-order valence-corrected chi connectivity index (χ4v) is 5.93. The SMILES string of the molecule is S=C(NN=C1C2CCCC1C(c1ccccc1Cl)NC2c1ccccc1Cl)Nc1ccccc1. The number of nitrogens with zero attached hydrogens (tertiary/aromatic N) is 1. The number of halogens is 2. The Balaban J connectivity index is 1.50. The van der Waals surface area contributed by atoms with Crippen LogP contribution in [0.3, 0.4) is 0 Å². The molecule has 1 aliphatic heterocycles. The molecular formula is C27H26Cl2N4S. The number of nitrogens with one attached hydrogen (secondary N) is 3. The molecule has 4 nitrogen and oxygen atoms in total. The molecule has 174 valence electrons. The van der Waals surface area contributed by atoms with Gasteiger partial charge in [0.2, 0.25) is 0 Å². The molecule has 0 radical (unpaired) electrons. The minimum Gasteiger partial charge on any atom is -0.331 e. The highest BCUT2D eigenvalue weighted by Gasteiger charge is 2.46. The standard InChI is InChI=1S/C27H26Cl2N4S/c28-22-15-6-4-11-18(22)24-20-13-8-14-21(25(31-24)19-12-5-7-16-23(19)29)26(20)32-33-27(34)30-17-9-2-1-3-10-17/h1-7,9-12,15-16,20-21,24-25,31H,8,13-14H2,(H2,30,33,34). The number of piperidine rings is 1. The second-order valence-electron chi connectivity index (χ2n) is 8.78. The average Bonchev–Trinajstić information content (AvgIpc) is 2.85. The number of fused-ring (bicyclic) bond motifs is 2. The van der Waals surface area contributed by atoms with Gasteiger partial charge in [0.25, 0.3) is 0 Å². The van der Waals surface area contributed by atoms with Crippen LogP contribution in [0.4, 0.5) is 5.69 Å². The molecule has 1 saturated heterocycles. The van der Waals surface area contributed by atoms with Crippen LogP contribution in [0.1, 0.15) is 42.5 Å². The minimum absolute atomic E-state index is 0.0303. The second kappa shape index (κ2) is 10.4. The number of hydrogen-bond acceptors (Lipinski definition) is 3. The highest BCUT2D eigenvalue weighted by Crippen LogP contribution is 2.48. The molecule has 2 aliphatic rings. The maximum Gasteiger partial charge on any atom is 0.191 e. The summed E-state index contributed by atoms with van der Waals surface area (Å²) in [7, 11) is 0. The average molecular weight is 510 g/mol. The van der Waals surface area contributed by atoms with Crippen LogP contribution in [-0.4, -0.2) is 10.8 Å². The van der Waals surface area contributed by atoms with Gasteiger partial charge in [-0.25, -0.2) is 0 Å². The molecule has 2 fully saturated rings. The number of hydrogen-bond donors (Lipinski definition) is 3. The number of thiocarbonyl (C=S) groups is 1. The van der Waals surface area contributed by atoms with Crippen molar-refractivity contribution >= 4 is 51.9 Å². The van der Waals surface area contributed by atoms with Crippen LogP contribution in [0.5, 0.6) is 0 Å². The van der Waals surface area contributed by atoms with Crippen LogP contribution in [0.25, 0.3) is 0 Å². The Morgan fingerprint density at radius 1 is 0.794 bits per heavy atom. The molecule has 7 heteroatoms. The summed E-state index contributed by atoms with van der Waals surface area (Å²) in [6.07, 6.45) is 3.20. The van der Waals surface area contributed by atoms with Gasteiger partial charge in [-0.05, 0) is 60.5 Å². The highest BCUT2D eigenvalue weighted by molar-refractivity contribution is 7.80. The minimum atomic E-state index is 0.0303. The summed E-state index contributed by atoms with van der Waals surface area (Å²) in [4.78, 5) is 0. The lowest BCUT2D eigenvalue weighted by molar-refractivity contribution is 0.233. The zero-order valence-corrected chi connectivity index (χ0v) is 20.9. The lowest BCUT2D eigenvalue weighted by Crippen LogP contribution is -2.51. The normalized spacial score (nSPS) is 23.8. The van der Waals surface area contributed by atoms with Gasteiger partial charge in [-0.3, -0.25) is 5.43 Å². The van der Waals surface area contributed by atoms with E-state index in [4.69, 9.17) is 40.5 Å². The van der Waals surface area contributed by atoms with Crippen molar-refractivity contribution in [3.8, 4) is 0 Å². The van der Waals surface area contributed by atoms with E-state index in [0.29, 0.717) is 5.11 Å². The van der Waals surface area contributed by atoms with Crippen LogP contribution in [0.15, 0.2) is 84.0 Å². The molecular weight excluding hydrogens is 483 g/mol. The summed E-state index contributed by atoms with van der Waals surface area (Å²) in [6, 6.07) is 26.0. The van der Waals surface area contributed by atoms with Gasteiger partial charge in [-0.15, -0.1) is 0 Å². The molecule has 1 saturated carbocycles. The molecule has 34 heavy (non-hydrogen) atoms. The van der Waals surface area contributed by atoms with Crippen LogP contribution in [0.2, 0.25) is 10.0 Å². The molecule has 4 unspecified atom stereocenters. The van der Waals surface area contributed by atoms with Gasteiger partial charge in [0.15, 0.2) is 5.11 Å². The van der Waals surface area contributed by atoms with Crippen LogP contribution < -0.4 is 16.1 Å². The predicted octanol–water partition coefficient (Wildman–Crippen LogP) is 7.14. The summed E-state index contributed by atoms with van der Waals surface area (Å²) in [5.74, 6) is 0.425. The van der Waals surface area contributed by atoms with E-state index in [1.165, 1.54) is 0 Å². The quantitative estimate of drug-likeness (QED) is 0.259. The van der Waals surface area contributed by atoms with Crippen molar-refractivity contribution in [1.82, 2.24) is 10.7 Å². The third kappa shape index (κ3) is 4.84. The Hall–Kier alpha value is -2.44. The van der Waals surface area contributed by atoms with E-state index < -0.39 is 0 Å². The number of para-hydroxylation sites is 1. The van der Waals surface area contributed by atoms with Gasteiger partial charge in [0.1, 0.15) is 0 Å². The summed E-state index contributed by atoms with van der Waals surface area (Å²) < 4.78 is 0. The fraction of sp³-hybridized carbons (Fsp3) is 0.259. The molecule has 0 spiro atoms. The van der Waals surface area contributed by atoms with E-state index >= 15 is 0 Å². The van der Waals surface area contributed by atoms with E-state index in [-0.39, 0.29) is 23.9 Å². The summed E-state index contributed by atoms with van der Waals surface area (Å²) in [5, 5.41) is 14.0. The van der Waals surface area contributed by atoms with E-state index in [9.17, 15) is 0 Å². The van der Waals surface area contributed by atoms with Crippen molar-refractivity contribution in [2.75, 3.05) is 5.32 Å². The molecule has 1 aliphatic carbocycles. The number of benzene rings is 3. The maximum atomic E-state index is 6.67. The lowest BCUT2D eigenvalue weighted by atomic mass is 9.67. The maximum absolute atomic E-state index is 6.67. The van der Waals surface area contributed by atoms with Crippen molar-refractivity contribution in [3.63, 3.8) is 0 Å². The molecule has 3 N–H and O–H groups in total. The Morgan fingerprint density at radius 2 is 1.32 bits per heavy atom. The number of hydrazone groups is 1.